The molecule has 0 fully saturated rings. The van der Waals surface area contributed by atoms with E-state index < -0.39 is 0 Å². The minimum absolute atomic E-state index is 0.287. The van der Waals surface area contributed by atoms with Crippen LogP contribution in [0.1, 0.15) is 0 Å². The molecule has 0 unspecified atom stereocenters. The third kappa shape index (κ3) is 1.96. The number of nitrogens with one attached hydrogen (secondary N) is 1. The van der Waals surface area contributed by atoms with Gasteiger partial charge >= 0.3 is 0 Å². The summed E-state index contributed by atoms with van der Waals surface area (Å²) in [6.45, 7) is 0. The van der Waals surface area contributed by atoms with E-state index in [0.717, 1.165) is 5.52 Å². The molecule has 1 N–H and O–H groups in total. The first-order chi connectivity index (χ1) is 7.16. The van der Waals surface area contributed by atoms with Gasteiger partial charge in [0.1, 0.15) is 5.82 Å². The van der Waals surface area contributed by atoms with Gasteiger partial charge in [0.05, 0.1) is 11.9 Å². The summed E-state index contributed by atoms with van der Waals surface area (Å²) in [6, 6.07) is 4.45. The third-order valence-electron chi connectivity index (χ3n) is 1.92. The number of aromatic amines is 1. The van der Waals surface area contributed by atoms with Crippen LogP contribution in [-0.4, -0.2) is 35.5 Å². The number of halogens is 1. The van der Waals surface area contributed by atoms with E-state index in [0.29, 0.717) is 11.2 Å². The number of fused-ring (bicyclic) bond motifs is 1. The predicted molar refractivity (Wildman–Crippen MR) is 57.9 cm³/mol. The minimum atomic E-state index is -0.287. The Morgan fingerprint density at radius 1 is 1.47 bits per heavy atom. The van der Waals surface area contributed by atoms with E-state index in [4.69, 9.17) is 0 Å². The number of aromatic nitrogens is 2. The van der Waals surface area contributed by atoms with Gasteiger partial charge in [-0.1, -0.05) is 0 Å². The number of H-pyrrole nitrogens is 1. The Labute approximate surface area is 86.4 Å². The molecule has 0 bridgehead atoms. The Morgan fingerprint density at radius 2 is 2.27 bits per heavy atom. The lowest BCUT2D eigenvalue weighted by atomic mass is 10.2. The fourth-order valence-electron chi connectivity index (χ4n) is 1.24. The molecule has 2 rings (SSSR count). The smallest absolute Gasteiger partial charge is 0.183 e. The zero-order valence-corrected chi connectivity index (χ0v) is 8.53. The van der Waals surface area contributed by atoms with Crippen molar-refractivity contribution in [3.8, 4) is 0 Å². The van der Waals surface area contributed by atoms with E-state index in [1.165, 1.54) is 12.1 Å². The van der Waals surface area contributed by atoms with Gasteiger partial charge in [-0.3, -0.25) is 5.10 Å². The maximum Gasteiger partial charge on any atom is 0.183 e. The molecule has 0 amide bonds. The van der Waals surface area contributed by atoms with Crippen molar-refractivity contribution in [2.45, 2.75) is 0 Å². The molecule has 15 heavy (non-hydrogen) atoms. The minimum Gasteiger partial charge on any atom is -0.369 e. The van der Waals surface area contributed by atoms with Crippen LogP contribution in [0.3, 0.4) is 0 Å². The second-order valence-electron chi connectivity index (χ2n) is 3.45. The average Bonchev–Trinajstić information content (AvgIpc) is 2.57. The topological polar surface area (TPSA) is 44.3 Å². The van der Waals surface area contributed by atoms with Gasteiger partial charge in [-0.2, -0.15) is 5.10 Å². The first-order valence-electron chi connectivity index (χ1n) is 4.51. The second-order valence-corrected chi connectivity index (χ2v) is 3.45. The molecule has 0 radical (unpaired) electrons. The molecule has 0 aliphatic rings. The quantitative estimate of drug-likeness (QED) is 0.602. The lowest BCUT2D eigenvalue weighted by molar-refractivity contribution is 0.629. The first kappa shape index (κ1) is 9.64. The Balaban J connectivity index is 2.48. The van der Waals surface area contributed by atoms with Crippen LogP contribution in [0.15, 0.2) is 23.2 Å². The summed E-state index contributed by atoms with van der Waals surface area (Å²) < 4.78 is 13.0. The van der Waals surface area contributed by atoms with Crippen molar-refractivity contribution in [1.29, 1.82) is 0 Å². The number of rotatable bonds is 2. The van der Waals surface area contributed by atoms with Gasteiger partial charge in [0.25, 0.3) is 0 Å². The molecule has 0 atom stereocenters. The van der Waals surface area contributed by atoms with Crippen LogP contribution in [0.5, 0.6) is 0 Å². The van der Waals surface area contributed by atoms with Gasteiger partial charge in [0.2, 0.25) is 0 Å². The van der Waals surface area contributed by atoms with Crippen LogP contribution < -0.4 is 0 Å². The van der Waals surface area contributed by atoms with Crippen molar-refractivity contribution in [2.75, 3.05) is 14.1 Å². The fraction of sp³-hybridized carbons (Fsp3) is 0.200. The maximum absolute atomic E-state index is 13.0. The summed E-state index contributed by atoms with van der Waals surface area (Å²) in [6.07, 6.45) is 1.63. The summed E-state index contributed by atoms with van der Waals surface area (Å²) in [5.74, 6) is 0.211. The number of hydrogen-bond acceptors (Lipinski definition) is 2. The average molecular weight is 206 g/mol. The van der Waals surface area contributed by atoms with Gasteiger partial charge in [-0.25, -0.2) is 9.38 Å². The van der Waals surface area contributed by atoms with Crippen molar-refractivity contribution >= 4 is 23.1 Å². The fourth-order valence-corrected chi connectivity index (χ4v) is 1.24. The SMILES string of the molecule is CN(C)C=Nc1n[nH]c2ccc(F)cc12. The summed E-state index contributed by atoms with van der Waals surface area (Å²) in [4.78, 5) is 5.92. The maximum atomic E-state index is 13.0. The lowest BCUT2D eigenvalue weighted by Gasteiger charge is -2.00. The molecule has 0 spiro atoms. The molecule has 4 nitrogen and oxygen atoms in total. The van der Waals surface area contributed by atoms with Gasteiger partial charge in [0.15, 0.2) is 5.82 Å². The normalized spacial score (nSPS) is 11.4. The summed E-state index contributed by atoms with van der Waals surface area (Å²) in [5.41, 5.74) is 0.780. The second kappa shape index (κ2) is 3.68. The number of hydrogen-bond donors (Lipinski definition) is 1. The Hall–Kier alpha value is -1.91. The molecule has 0 aliphatic carbocycles. The van der Waals surface area contributed by atoms with Crippen LogP contribution >= 0.6 is 0 Å². The highest BCUT2D eigenvalue weighted by Crippen LogP contribution is 2.23. The number of nitrogens with zero attached hydrogens (tertiary/aromatic N) is 3. The molecule has 1 heterocycles. The van der Waals surface area contributed by atoms with Crippen LogP contribution in [0.2, 0.25) is 0 Å². The Morgan fingerprint density at radius 3 is 3.00 bits per heavy atom. The van der Waals surface area contributed by atoms with E-state index >= 15 is 0 Å². The Kier molecular flexibility index (Phi) is 2.37. The van der Waals surface area contributed by atoms with Crippen molar-refractivity contribution in [3.05, 3.63) is 24.0 Å². The van der Waals surface area contributed by atoms with Crippen LogP contribution in [0.25, 0.3) is 10.9 Å². The Bertz CT molecular complexity index is 501. The van der Waals surface area contributed by atoms with Gasteiger partial charge < -0.3 is 4.90 Å². The number of aliphatic imine (C=N–C) groups is 1. The standard InChI is InChI=1S/C10H11FN4/c1-15(2)6-12-10-8-5-7(11)3-4-9(8)13-14-10/h3-6H,1-2H3,(H,13,14). The molecular weight excluding hydrogens is 195 g/mol. The van der Waals surface area contributed by atoms with E-state index in [1.54, 1.807) is 17.3 Å². The van der Waals surface area contributed by atoms with Gasteiger partial charge in [-0.05, 0) is 18.2 Å². The molecule has 5 heteroatoms. The molecule has 2 aromatic rings. The summed E-state index contributed by atoms with van der Waals surface area (Å²) >= 11 is 0. The van der Waals surface area contributed by atoms with E-state index in [1.807, 2.05) is 14.1 Å². The zero-order valence-electron chi connectivity index (χ0n) is 8.53. The molecular formula is C10H11FN4. The monoisotopic (exact) mass is 206 g/mol. The molecule has 1 aromatic carbocycles. The zero-order chi connectivity index (χ0) is 10.8. The molecule has 1 aromatic heterocycles. The third-order valence-corrected chi connectivity index (χ3v) is 1.92. The molecule has 0 saturated carbocycles. The van der Waals surface area contributed by atoms with Crippen molar-refractivity contribution < 1.29 is 4.39 Å². The highest BCUT2D eigenvalue weighted by atomic mass is 19.1. The lowest BCUT2D eigenvalue weighted by Crippen LogP contribution is -2.06. The van der Waals surface area contributed by atoms with Crippen LogP contribution in [0.4, 0.5) is 10.2 Å². The molecule has 78 valence electrons. The van der Waals surface area contributed by atoms with Crippen molar-refractivity contribution in [2.24, 2.45) is 4.99 Å². The van der Waals surface area contributed by atoms with E-state index in [-0.39, 0.29) is 5.82 Å². The molecule has 0 saturated heterocycles. The summed E-state index contributed by atoms with van der Waals surface area (Å²) in [5, 5.41) is 7.47. The highest BCUT2D eigenvalue weighted by Gasteiger charge is 2.04. The van der Waals surface area contributed by atoms with Crippen LogP contribution in [0, 0.1) is 5.82 Å². The van der Waals surface area contributed by atoms with E-state index in [9.17, 15) is 4.39 Å². The number of benzene rings is 1. The summed E-state index contributed by atoms with van der Waals surface area (Å²) in [7, 11) is 3.72. The van der Waals surface area contributed by atoms with Crippen molar-refractivity contribution in [3.63, 3.8) is 0 Å². The van der Waals surface area contributed by atoms with Gasteiger partial charge in [0, 0.05) is 19.5 Å². The van der Waals surface area contributed by atoms with Gasteiger partial charge in [-0.15, -0.1) is 0 Å². The van der Waals surface area contributed by atoms with Crippen LogP contribution in [-0.2, 0) is 0 Å². The first-order valence-corrected chi connectivity index (χ1v) is 4.51. The van der Waals surface area contributed by atoms with E-state index in [2.05, 4.69) is 15.2 Å². The highest BCUT2D eigenvalue weighted by molar-refractivity contribution is 5.89. The molecule has 0 aliphatic heterocycles. The largest absolute Gasteiger partial charge is 0.369 e. The predicted octanol–water partition coefficient (Wildman–Crippen LogP) is 1.92. The van der Waals surface area contributed by atoms with Crippen molar-refractivity contribution in [1.82, 2.24) is 15.1 Å².